The van der Waals surface area contributed by atoms with Gasteiger partial charge in [-0.15, -0.1) is 0 Å². The molecule has 1 aliphatic heterocycles. The quantitative estimate of drug-likeness (QED) is 0.650. The maximum Gasteiger partial charge on any atom is 0.321 e. The largest absolute Gasteiger partial charge is 0.452 e. The van der Waals surface area contributed by atoms with Crippen molar-refractivity contribution in [1.82, 2.24) is 15.5 Å². The third-order valence-electron chi connectivity index (χ3n) is 4.46. The SMILES string of the molecule is CC(C)NC(=O)NC(=O)[C@H](C)OC(=O)C1CCN(C(=O)Nc2ccccc2)CC1. The van der Waals surface area contributed by atoms with E-state index < -0.39 is 29.9 Å². The third-order valence-corrected chi connectivity index (χ3v) is 4.46. The number of piperidine rings is 1. The average molecular weight is 404 g/mol. The standard InChI is InChI=1S/C20H28N4O5/c1-13(2)21-19(27)23-17(25)14(3)29-18(26)15-9-11-24(12-10-15)20(28)22-16-7-5-4-6-8-16/h4-8,13-15H,9-12H2,1-3H3,(H,22,28)(H2,21,23,25,27)/t14-/m0/s1. The number of anilines is 1. The van der Waals surface area contributed by atoms with Crippen LogP contribution in [0.25, 0.3) is 0 Å². The molecule has 1 saturated heterocycles. The number of carbonyl (C=O) groups is 4. The molecule has 0 unspecified atom stereocenters. The Morgan fingerprint density at radius 2 is 1.66 bits per heavy atom. The first-order valence-electron chi connectivity index (χ1n) is 9.69. The van der Waals surface area contributed by atoms with Crippen molar-refractivity contribution in [2.75, 3.05) is 18.4 Å². The number of amides is 5. The van der Waals surface area contributed by atoms with E-state index in [1.165, 1.54) is 6.92 Å². The summed E-state index contributed by atoms with van der Waals surface area (Å²) in [6, 6.07) is 8.17. The normalized spacial score (nSPS) is 15.4. The first-order chi connectivity index (χ1) is 13.8. The Balaban J connectivity index is 1.75. The molecule has 3 N–H and O–H groups in total. The van der Waals surface area contributed by atoms with Gasteiger partial charge in [0.25, 0.3) is 5.91 Å². The van der Waals surface area contributed by atoms with Crippen molar-refractivity contribution in [3.05, 3.63) is 30.3 Å². The second-order valence-electron chi connectivity index (χ2n) is 7.25. The van der Waals surface area contributed by atoms with E-state index in [2.05, 4.69) is 16.0 Å². The van der Waals surface area contributed by atoms with Gasteiger partial charge in [-0.1, -0.05) is 18.2 Å². The number of imide groups is 1. The van der Waals surface area contributed by atoms with Gasteiger partial charge in [0.05, 0.1) is 5.92 Å². The van der Waals surface area contributed by atoms with Crippen LogP contribution in [-0.4, -0.2) is 54.1 Å². The highest BCUT2D eigenvalue weighted by Crippen LogP contribution is 2.20. The molecule has 0 radical (unpaired) electrons. The Bertz CT molecular complexity index is 730. The highest BCUT2D eigenvalue weighted by atomic mass is 16.5. The number of carbonyl (C=O) groups excluding carboxylic acids is 4. The van der Waals surface area contributed by atoms with E-state index in [1.54, 1.807) is 30.9 Å². The summed E-state index contributed by atoms with van der Waals surface area (Å²) in [6.07, 6.45) is -0.188. The van der Waals surface area contributed by atoms with Gasteiger partial charge >= 0.3 is 18.0 Å². The fraction of sp³-hybridized carbons (Fsp3) is 0.500. The lowest BCUT2D eigenvalue weighted by Crippen LogP contribution is -2.47. The van der Waals surface area contributed by atoms with Crippen LogP contribution in [0.4, 0.5) is 15.3 Å². The summed E-state index contributed by atoms with van der Waals surface area (Å²) in [7, 11) is 0. The molecule has 0 saturated carbocycles. The number of likely N-dealkylation sites (tertiary alicyclic amines) is 1. The van der Waals surface area contributed by atoms with Gasteiger partial charge in [0, 0.05) is 24.8 Å². The van der Waals surface area contributed by atoms with Gasteiger partial charge in [-0.2, -0.15) is 0 Å². The maximum absolute atomic E-state index is 12.3. The van der Waals surface area contributed by atoms with Gasteiger partial charge in [-0.05, 0) is 45.7 Å². The molecule has 1 heterocycles. The molecule has 1 aromatic carbocycles. The zero-order chi connectivity index (χ0) is 21.4. The van der Waals surface area contributed by atoms with Crippen molar-refractivity contribution in [3.63, 3.8) is 0 Å². The van der Waals surface area contributed by atoms with Gasteiger partial charge in [0.2, 0.25) is 0 Å². The van der Waals surface area contributed by atoms with Crippen LogP contribution < -0.4 is 16.0 Å². The highest BCUT2D eigenvalue weighted by molar-refractivity contribution is 5.97. The summed E-state index contributed by atoms with van der Waals surface area (Å²) in [5.74, 6) is -1.58. The molecule has 5 amide bonds. The predicted molar refractivity (Wildman–Crippen MR) is 107 cm³/mol. The molecular weight excluding hydrogens is 376 g/mol. The molecule has 1 aromatic rings. The Hall–Kier alpha value is -3.10. The van der Waals surface area contributed by atoms with Crippen molar-refractivity contribution in [3.8, 4) is 0 Å². The van der Waals surface area contributed by atoms with Crippen LogP contribution in [0.3, 0.4) is 0 Å². The number of nitrogens with zero attached hydrogens (tertiary/aromatic N) is 1. The molecule has 1 aliphatic rings. The van der Waals surface area contributed by atoms with Crippen LogP contribution in [0.5, 0.6) is 0 Å². The fourth-order valence-electron chi connectivity index (χ4n) is 2.88. The molecule has 1 fully saturated rings. The predicted octanol–water partition coefficient (Wildman–Crippen LogP) is 2.10. The highest BCUT2D eigenvalue weighted by Gasteiger charge is 2.30. The lowest BCUT2D eigenvalue weighted by Gasteiger charge is -2.31. The van der Waals surface area contributed by atoms with E-state index in [4.69, 9.17) is 4.74 Å². The van der Waals surface area contributed by atoms with E-state index in [-0.39, 0.29) is 12.1 Å². The number of ether oxygens (including phenoxy) is 1. The van der Waals surface area contributed by atoms with Crippen molar-refractivity contribution >= 4 is 29.6 Å². The second-order valence-corrected chi connectivity index (χ2v) is 7.25. The molecular formula is C20H28N4O5. The van der Waals surface area contributed by atoms with Crippen LogP contribution in [0.1, 0.15) is 33.6 Å². The Kier molecular flexibility index (Phi) is 7.99. The van der Waals surface area contributed by atoms with E-state index in [1.807, 2.05) is 18.2 Å². The molecule has 0 aromatic heterocycles. The number of hydrogen-bond acceptors (Lipinski definition) is 5. The minimum Gasteiger partial charge on any atom is -0.452 e. The monoisotopic (exact) mass is 404 g/mol. The fourth-order valence-corrected chi connectivity index (χ4v) is 2.88. The van der Waals surface area contributed by atoms with Crippen LogP contribution in [0.15, 0.2) is 30.3 Å². The molecule has 0 aliphatic carbocycles. The van der Waals surface area contributed by atoms with Crippen molar-refractivity contribution in [2.45, 2.75) is 45.8 Å². The molecule has 9 nitrogen and oxygen atoms in total. The average Bonchev–Trinajstić information content (AvgIpc) is 2.68. The van der Waals surface area contributed by atoms with Crippen molar-refractivity contribution in [1.29, 1.82) is 0 Å². The van der Waals surface area contributed by atoms with Gasteiger partial charge in [0.1, 0.15) is 0 Å². The van der Waals surface area contributed by atoms with Gasteiger partial charge in [-0.3, -0.25) is 14.9 Å². The third kappa shape index (κ3) is 7.10. The molecule has 2 rings (SSSR count). The zero-order valence-electron chi connectivity index (χ0n) is 16.9. The van der Waals surface area contributed by atoms with Gasteiger partial charge in [0.15, 0.2) is 6.10 Å². The molecule has 158 valence electrons. The Morgan fingerprint density at radius 3 is 2.24 bits per heavy atom. The summed E-state index contributed by atoms with van der Waals surface area (Å²) in [4.78, 5) is 49.8. The Morgan fingerprint density at radius 1 is 1.03 bits per heavy atom. The van der Waals surface area contributed by atoms with Gasteiger partial charge in [-0.25, -0.2) is 9.59 Å². The summed E-state index contributed by atoms with van der Waals surface area (Å²) in [5.41, 5.74) is 0.709. The number of rotatable bonds is 5. The Labute approximate surface area is 170 Å². The number of nitrogens with one attached hydrogen (secondary N) is 3. The first-order valence-corrected chi connectivity index (χ1v) is 9.69. The molecule has 9 heteroatoms. The van der Waals surface area contributed by atoms with Crippen LogP contribution >= 0.6 is 0 Å². The van der Waals surface area contributed by atoms with Crippen molar-refractivity contribution < 1.29 is 23.9 Å². The summed E-state index contributed by atoms with van der Waals surface area (Å²) in [6.45, 7) is 5.77. The lowest BCUT2D eigenvalue weighted by atomic mass is 9.97. The topological polar surface area (TPSA) is 117 Å². The minimum atomic E-state index is -1.08. The number of benzene rings is 1. The molecule has 29 heavy (non-hydrogen) atoms. The summed E-state index contributed by atoms with van der Waals surface area (Å²) < 4.78 is 5.20. The van der Waals surface area contributed by atoms with Crippen LogP contribution in [0, 0.1) is 5.92 Å². The van der Waals surface area contributed by atoms with E-state index in [0.717, 1.165) is 0 Å². The number of hydrogen-bond donors (Lipinski definition) is 3. The van der Waals surface area contributed by atoms with E-state index in [0.29, 0.717) is 31.6 Å². The summed E-state index contributed by atoms with van der Waals surface area (Å²) in [5, 5.41) is 7.47. The number of para-hydroxylation sites is 1. The van der Waals surface area contributed by atoms with Crippen LogP contribution in [-0.2, 0) is 14.3 Å². The maximum atomic E-state index is 12.3. The number of urea groups is 2. The molecule has 0 spiro atoms. The molecule has 1 atom stereocenters. The van der Waals surface area contributed by atoms with Crippen LogP contribution in [0.2, 0.25) is 0 Å². The van der Waals surface area contributed by atoms with Gasteiger partial charge < -0.3 is 20.3 Å². The second kappa shape index (κ2) is 10.4. The number of esters is 1. The first kappa shape index (κ1) is 22.2. The minimum absolute atomic E-state index is 0.120. The van der Waals surface area contributed by atoms with Crippen molar-refractivity contribution in [2.24, 2.45) is 5.92 Å². The molecule has 0 bridgehead atoms. The summed E-state index contributed by atoms with van der Waals surface area (Å²) >= 11 is 0. The van der Waals surface area contributed by atoms with E-state index in [9.17, 15) is 19.2 Å². The lowest BCUT2D eigenvalue weighted by molar-refractivity contribution is -0.159. The smallest absolute Gasteiger partial charge is 0.321 e. The zero-order valence-corrected chi connectivity index (χ0v) is 16.9. The van der Waals surface area contributed by atoms with E-state index >= 15 is 0 Å².